The van der Waals surface area contributed by atoms with Crippen LogP contribution in [-0.4, -0.2) is 20.1 Å². The molecule has 112 valence electrons. The highest BCUT2D eigenvalue weighted by Gasteiger charge is 2.16. The first-order valence-corrected chi connectivity index (χ1v) is 8.07. The second-order valence-electron chi connectivity index (χ2n) is 4.50. The molecule has 0 saturated carbocycles. The highest BCUT2D eigenvalue weighted by Crippen LogP contribution is 2.22. The SMILES string of the molecule is Nc1cc(Cl)ccc1S(=O)(=O)NCCc1ccc(O)cc1. The molecule has 2 rings (SSSR count). The lowest BCUT2D eigenvalue weighted by atomic mass is 10.1. The fourth-order valence-electron chi connectivity index (χ4n) is 1.83. The van der Waals surface area contributed by atoms with Crippen molar-refractivity contribution in [2.24, 2.45) is 0 Å². The molecule has 0 unspecified atom stereocenters. The molecule has 2 aromatic carbocycles. The number of nitrogens with two attached hydrogens (primary N) is 1. The van der Waals surface area contributed by atoms with Gasteiger partial charge in [0.15, 0.2) is 0 Å². The number of hydrogen-bond donors (Lipinski definition) is 3. The van der Waals surface area contributed by atoms with E-state index in [9.17, 15) is 13.5 Å². The Kier molecular flexibility index (Phi) is 4.72. The van der Waals surface area contributed by atoms with Gasteiger partial charge >= 0.3 is 0 Å². The monoisotopic (exact) mass is 326 g/mol. The molecule has 0 aliphatic heterocycles. The van der Waals surface area contributed by atoms with Gasteiger partial charge in [0, 0.05) is 11.6 Å². The topological polar surface area (TPSA) is 92.4 Å². The number of aromatic hydroxyl groups is 1. The Labute approximate surface area is 128 Å². The van der Waals surface area contributed by atoms with E-state index in [4.69, 9.17) is 17.3 Å². The normalized spacial score (nSPS) is 11.5. The fourth-order valence-corrected chi connectivity index (χ4v) is 3.16. The standard InChI is InChI=1S/C14H15ClN2O3S/c15-11-3-6-14(13(16)9-11)21(19,20)17-8-7-10-1-4-12(18)5-2-10/h1-6,9,17-18H,7-8,16H2. The zero-order chi connectivity index (χ0) is 15.5. The molecule has 5 nitrogen and oxygen atoms in total. The Morgan fingerprint density at radius 1 is 1.14 bits per heavy atom. The molecule has 21 heavy (non-hydrogen) atoms. The van der Waals surface area contributed by atoms with E-state index >= 15 is 0 Å². The van der Waals surface area contributed by atoms with Gasteiger partial charge in [0.1, 0.15) is 10.6 Å². The molecule has 4 N–H and O–H groups in total. The lowest BCUT2D eigenvalue weighted by Crippen LogP contribution is -2.26. The average molecular weight is 327 g/mol. The molecule has 0 saturated heterocycles. The highest BCUT2D eigenvalue weighted by molar-refractivity contribution is 7.89. The van der Waals surface area contributed by atoms with Crippen LogP contribution < -0.4 is 10.5 Å². The predicted octanol–water partition coefficient (Wildman–Crippen LogP) is 2.15. The van der Waals surface area contributed by atoms with Crippen LogP contribution in [0.3, 0.4) is 0 Å². The van der Waals surface area contributed by atoms with E-state index in [1.165, 1.54) is 18.2 Å². The first kappa shape index (κ1) is 15.6. The molecule has 0 aromatic heterocycles. The number of anilines is 1. The number of rotatable bonds is 5. The number of halogens is 1. The van der Waals surface area contributed by atoms with Crippen LogP contribution in [0.25, 0.3) is 0 Å². The Bertz CT molecular complexity index is 730. The lowest BCUT2D eigenvalue weighted by Gasteiger charge is -2.09. The third-order valence-electron chi connectivity index (χ3n) is 2.90. The second-order valence-corrected chi connectivity index (χ2v) is 6.67. The van der Waals surface area contributed by atoms with E-state index in [1.807, 2.05) is 0 Å². The number of sulfonamides is 1. The molecule has 0 radical (unpaired) electrons. The number of hydrogen-bond acceptors (Lipinski definition) is 4. The minimum absolute atomic E-state index is 0.0117. The molecule has 0 heterocycles. The van der Waals surface area contributed by atoms with Crippen molar-refractivity contribution in [1.29, 1.82) is 0 Å². The Morgan fingerprint density at radius 2 is 1.81 bits per heavy atom. The lowest BCUT2D eigenvalue weighted by molar-refractivity contribution is 0.475. The van der Waals surface area contributed by atoms with Crippen molar-refractivity contribution in [3.05, 3.63) is 53.1 Å². The van der Waals surface area contributed by atoms with Crippen LogP contribution in [0.2, 0.25) is 5.02 Å². The fraction of sp³-hybridized carbons (Fsp3) is 0.143. The van der Waals surface area contributed by atoms with E-state index in [-0.39, 0.29) is 22.9 Å². The summed E-state index contributed by atoms with van der Waals surface area (Å²) in [7, 11) is -3.67. The van der Waals surface area contributed by atoms with Crippen molar-refractivity contribution < 1.29 is 13.5 Å². The largest absolute Gasteiger partial charge is 0.508 e. The highest BCUT2D eigenvalue weighted by atomic mass is 35.5. The van der Waals surface area contributed by atoms with Gasteiger partial charge in [0.05, 0.1) is 5.69 Å². The first-order valence-electron chi connectivity index (χ1n) is 6.21. The van der Waals surface area contributed by atoms with Crippen LogP contribution in [0, 0.1) is 0 Å². The molecule has 0 atom stereocenters. The molecule has 0 spiro atoms. The van der Waals surface area contributed by atoms with E-state index in [0.717, 1.165) is 5.56 Å². The van der Waals surface area contributed by atoms with Gasteiger partial charge in [-0.05, 0) is 42.3 Å². The quantitative estimate of drug-likeness (QED) is 0.734. The molecule has 0 fully saturated rings. The maximum atomic E-state index is 12.1. The Hall–Kier alpha value is -1.76. The van der Waals surface area contributed by atoms with Crippen molar-refractivity contribution in [1.82, 2.24) is 4.72 Å². The number of nitrogen functional groups attached to an aromatic ring is 1. The minimum atomic E-state index is -3.67. The number of nitrogens with one attached hydrogen (secondary N) is 1. The third kappa shape index (κ3) is 4.10. The summed E-state index contributed by atoms with van der Waals surface area (Å²) < 4.78 is 26.8. The van der Waals surface area contributed by atoms with Crippen molar-refractivity contribution in [2.75, 3.05) is 12.3 Å². The van der Waals surface area contributed by atoms with Crippen LogP contribution in [-0.2, 0) is 16.4 Å². The van der Waals surface area contributed by atoms with E-state index < -0.39 is 10.0 Å². The Morgan fingerprint density at radius 3 is 2.43 bits per heavy atom. The smallest absolute Gasteiger partial charge is 0.242 e. The van der Waals surface area contributed by atoms with Crippen molar-refractivity contribution in [2.45, 2.75) is 11.3 Å². The molecule has 2 aromatic rings. The van der Waals surface area contributed by atoms with Gasteiger partial charge in [-0.25, -0.2) is 13.1 Å². The number of benzene rings is 2. The number of phenolic OH excluding ortho intramolecular Hbond substituents is 1. The van der Waals surface area contributed by atoms with Crippen LogP contribution in [0.4, 0.5) is 5.69 Å². The van der Waals surface area contributed by atoms with Crippen LogP contribution in [0.1, 0.15) is 5.56 Å². The van der Waals surface area contributed by atoms with Gasteiger partial charge in [-0.1, -0.05) is 23.7 Å². The van der Waals surface area contributed by atoms with Gasteiger partial charge in [0.25, 0.3) is 0 Å². The third-order valence-corrected chi connectivity index (χ3v) is 4.67. The maximum Gasteiger partial charge on any atom is 0.242 e. The van der Waals surface area contributed by atoms with Gasteiger partial charge in [-0.2, -0.15) is 0 Å². The molecule has 0 aliphatic carbocycles. The van der Waals surface area contributed by atoms with E-state index in [1.54, 1.807) is 24.3 Å². The van der Waals surface area contributed by atoms with E-state index in [0.29, 0.717) is 11.4 Å². The minimum Gasteiger partial charge on any atom is -0.508 e. The summed E-state index contributed by atoms with van der Waals surface area (Å²) in [4.78, 5) is 0.0117. The van der Waals surface area contributed by atoms with Crippen molar-refractivity contribution in [3.63, 3.8) is 0 Å². The maximum absolute atomic E-state index is 12.1. The first-order chi connectivity index (χ1) is 9.88. The summed E-state index contributed by atoms with van der Waals surface area (Å²) in [5.74, 6) is 0.174. The summed E-state index contributed by atoms with van der Waals surface area (Å²) in [5, 5.41) is 9.56. The zero-order valence-corrected chi connectivity index (χ0v) is 12.7. The van der Waals surface area contributed by atoms with Crippen molar-refractivity contribution >= 4 is 27.3 Å². The van der Waals surface area contributed by atoms with Crippen LogP contribution in [0.15, 0.2) is 47.4 Å². The molecule has 0 aliphatic rings. The summed E-state index contributed by atoms with van der Waals surface area (Å²) in [5.41, 5.74) is 6.70. The predicted molar refractivity (Wildman–Crippen MR) is 82.9 cm³/mol. The summed E-state index contributed by atoms with van der Waals surface area (Å²) in [6.45, 7) is 0.231. The molecular formula is C14H15ClN2O3S. The van der Waals surface area contributed by atoms with Gasteiger partial charge in [-0.15, -0.1) is 0 Å². The van der Waals surface area contributed by atoms with Gasteiger partial charge in [0.2, 0.25) is 10.0 Å². The molecule has 7 heteroatoms. The van der Waals surface area contributed by atoms with Crippen molar-refractivity contribution in [3.8, 4) is 5.75 Å². The summed E-state index contributed by atoms with van der Waals surface area (Å²) in [6, 6.07) is 10.8. The van der Waals surface area contributed by atoms with Crippen LogP contribution in [0.5, 0.6) is 5.75 Å². The molecule has 0 bridgehead atoms. The van der Waals surface area contributed by atoms with Gasteiger partial charge < -0.3 is 10.8 Å². The Balaban J connectivity index is 2.03. The van der Waals surface area contributed by atoms with E-state index in [2.05, 4.69) is 4.72 Å². The second kappa shape index (κ2) is 6.34. The molecular weight excluding hydrogens is 312 g/mol. The average Bonchev–Trinajstić information content (AvgIpc) is 2.40. The number of phenols is 1. The summed E-state index contributed by atoms with van der Waals surface area (Å²) >= 11 is 5.75. The zero-order valence-electron chi connectivity index (χ0n) is 11.1. The van der Waals surface area contributed by atoms with Gasteiger partial charge in [-0.3, -0.25) is 0 Å². The summed E-state index contributed by atoms with van der Waals surface area (Å²) in [6.07, 6.45) is 0.507. The van der Waals surface area contributed by atoms with Crippen LogP contribution >= 0.6 is 11.6 Å². The molecule has 0 amide bonds.